The second-order valence-electron chi connectivity index (χ2n) is 8.49. The van der Waals surface area contributed by atoms with Gasteiger partial charge in [-0.3, -0.25) is 4.57 Å². The number of rotatable bonds is 12. The van der Waals surface area contributed by atoms with E-state index >= 15 is 0 Å². The van der Waals surface area contributed by atoms with Crippen LogP contribution in [0.25, 0.3) is 10.6 Å². The SMILES string of the molecule is C[C@](N)(CO[PH](=O)O)c1nnc(-c2ccc(OCCCCOc3ccccc3C(F)(F)F)c(C(F)(F)F)c2)s1. The van der Waals surface area contributed by atoms with Gasteiger partial charge >= 0.3 is 20.6 Å². The van der Waals surface area contributed by atoms with E-state index in [-0.39, 0.29) is 54.0 Å². The molecule has 0 saturated heterocycles. The molecule has 8 nitrogen and oxygen atoms in total. The maximum atomic E-state index is 13.8. The van der Waals surface area contributed by atoms with Crippen molar-refractivity contribution in [1.82, 2.24) is 10.2 Å². The third-order valence-electron chi connectivity index (χ3n) is 5.19. The molecule has 1 heterocycles. The fourth-order valence-corrected chi connectivity index (χ4v) is 4.56. The molecule has 0 saturated carbocycles. The molecule has 0 aliphatic carbocycles. The minimum Gasteiger partial charge on any atom is -0.493 e. The molecule has 3 rings (SSSR count). The van der Waals surface area contributed by atoms with Crippen molar-refractivity contribution in [3.05, 3.63) is 58.6 Å². The van der Waals surface area contributed by atoms with Crippen molar-refractivity contribution in [2.24, 2.45) is 5.73 Å². The molecule has 0 aliphatic rings. The summed E-state index contributed by atoms with van der Waals surface area (Å²) in [6, 6.07) is 8.09. The fraction of sp³-hybridized carbons (Fsp3) is 0.391. The molecule has 0 fully saturated rings. The average molecular weight is 599 g/mol. The van der Waals surface area contributed by atoms with Gasteiger partial charge in [0.05, 0.1) is 36.5 Å². The van der Waals surface area contributed by atoms with Crippen molar-refractivity contribution in [3.63, 3.8) is 0 Å². The van der Waals surface area contributed by atoms with Crippen molar-refractivity contribution >= 4 is 19.6 Å². The van der Waals surface area contributed by atoms with Crippen LogP contribution in [0.5, 0.6) is 11.5 Å². The molecule has 0 bridgehead atoms. The van der Waals surface area contributed by atoms with Gasteiger partial charge in [-0.15, -0.1) is 10.2 Å². The monoisotopic (exact) mass is 599 g/mol. The molecule has 2 atom stereocenters. The van der Waals surface area contributed by atoms with E-state index in [0.29, 0.717) is 0 Å². The summed E-state index contributed by atoms with van der Waals surface area (Å²) in [7, 11) is -3.24. The zero-order valence-corrected chi connectivity index (χ0v) is 22.1. The van der Waals surface area contributed by atoms with Gasteiger partial charge in [0.2, 0.25) is 0 Å². The quantitative estimate of drug-likeness (QED) is 0.147. The first-order chi connectivity index (χ1) is 18.2. The summed E-state index contributed by atoms with van der Waals surface area (Å²) >= 11 is 0.905. The highest BCUT2D eigenvalue weighted by molar-refractivity contribution is 7.32. The zero-order chi connectivity index (χ0) is 28.8. The van der Waals surface area contributed by atoms with E-state index in [1.54, 1.807) is 0 Å². The summed E-state index contributed by atoms with van der Waals surface area (Å²) < 4.78 is 106. The number of nitrogens with two attached hydrogens (primary N) is 1. The number of hydrogen-bond donors (Lipinski definition) is 2. The fourth-order valence-electron chi connectivity index (χ4n) is 3.25. The summed E-state index contributed by atoms with van der Waals surface area (Å²) in [4.78, 5) is 8.84. The van der Waals surface area contributed by atoms with E-state index in [0.717, 1.165) is 29.5 Å². The highest BCUT2D eigenvalue weighted by atomic mass is 32.1. The van der Waals surface area contributed by atoms with Gasteiger partial charge in [0.25, 0.3) is 0 Å². The van der Waals surface area contributed by atoms with Gasteiger partial charge in [-0.2, -0.15) is 26.3 Å². The molecule has 2 aromatic carbocycles. The van der Waals surface area contributed by atoms with E-state index in [1.165, 1.54) is 31.2 Å². The van der Waals surface area contributed by atoms with Crippen LogP contribution in [0.1, 0.15) is 35.9 Å². The highest BCUT2D eigenvalue weighted by Gasteiger charge is 2.36. The summed E-state index contributed by atoms with van der Waals surface area (Å²) in [5.41, 5.74) is 2.88. The molecular formula is C23H24F6N3O5PS. The van der Waals surface area contributed by atoms with Crippen LogP contribution in [0.4, 0.5) is 26.3 Å². The molecule has 16 heteroatoms. The molecule has 1 aromatic heterocycles. The Bertz CT molecular complexity index is 1290. The lowest BCUT2D eigenvalue weighted by molar-refractivity contribution is -0.139. The van der Waals surface area contributed by atoms with E-state index in [1.807, 2.05) is 0 Å². The molecular weight excluding hydrogens is 575 g/mol. The number of alkyl halides is 6. The molecule has 214 valence electrons. The van der Waals surface area contributed by atoms with E-state index in [4.69, 9.17) is 20.1 Å². The van der Waals surface area contributed by atoms with Crippen LogP contribution in [0, 0.1) is 0 Å². The van der Waals surface area contributed by atoms with Crippen LogP contribution in [0.3, 0.4) is 0 Å². The van der Waals surface area contributed by atoms with Crippen molar-refractivity contribution < 1.29 is 49.8 Å². The van der Waals surface area contributed by atoms with Crippen LogP contribution >= 0.6 is 19.6 Å². The van der Waals surface area contributed by atoms with Gasteiger partial charge in [0.1, 0.15) is 21.5 Å². The Morgan fingerprint density at radius 1 is 0.923 bits per heavy atom. The first-order valence-electron chi connectivity index (χ1n) is 11.3. The number of aromatic nitrogens is 2. The average Bonchev–Trinajstić information content (AvgIpc) is 3.35. The molecule has 3 aromatic rings. The lowest BCUT2D eigenvalue weighted by Gasteiger charge is -2.19. The maximum absolute atomic E-state index is 13.8. The Kier molecular flexibility index (Phi) is 9.99. The maximum Gasteiger partial charge on any atom is 0.419 e. The Morgan fingerprint density at radius 3 is 2.10 bits per heavy atom. The summed E-state index contributed by atoms with van der Waals surface area (Å²) in [5, 5.41) is 8.08. The van der Waals surface area contributed by atoms with Crippen LogP contribution in [-0.4, -0.2) is 34.9 Å². The number of halogens is 6. The predicted octanol–water partition coefficient (Wildman–Crippen LogP) is 6.05. The van der Waals surface area contributed by atoms with Gasteiger partial charge in [-0.25, -0.2) is 0 Å². The van der Waals surface area contributed by atoms with Crippen molar-refractivity contribution in [3.8, 4) is 22.1 Å². The number of ether oxygens (including phenoxy) is 2. The predicted molar refractivity (Wildman–Crippen MR) is 131 cm³/mol. The van der Waals surface area contributed by atoms with Gasteiger partial charge in [-0.1, -0.05) is 23.5 Å². The van der Waals surface area contributed by atoms with Crippen LogP contribution in [0.15, 0.2) is 42.5 Å². The van der Waals surface area contributed by atoms with Crippen molar-refractivity contribution in [1.29, 1.82) is 0 Å². The summed E-state index contributed by atoms with van der Waals surface area (Å²) in [6.45, 7) is 0.910. The zero-order valence-electron chi connectivity index (χ0n) is 20.3. The summed E-state index contributed by atoms with van der Waals surface area (Å²) in [6.07, 6.45) is -8.86. The standard InChI is InChI=1S/C23H24F6N3O5PS/c1-21(30,13-37-38(33)34)20-32-31-19(39-20)14-8-9-18(16(12-14)23(27,28)29)36-11-5-4-10-35-17-7-3-2-6-15(17)22(24,25)26/h2-3,6-9,12,38H,4-5,10-11,13,30H2,1H3,(H,33,34)/t21-/m0/s1. The minimum atomic E-state index is -4.76. The van der Waals surface area contributed by atoms with Crippen LogP contribution in [-0.2, 0) is 27.0 Å². The molecule has 0 radical (unpaired) electrons. The van der Waals surface area contributed by atoms with Crippen LogP contribution < -0.4 is 15.2 Å². The third-order valence-corrected chi connectivity index (χ3v) is 6.83. The van der Waals surface area contributed by atoms with Crippen molar-refractivity contribution in [2.75, 3.05) is 19.8 Å². The molecule has 0 aliphatic heterocycles. The molecule has 3 N–H and O–H groups in total. The van der Waals surface area contributed by atoms with E-state index in [2.05, 4.69) is 14.7 Å². The third kappa shape index (κ3) is 8.64. The lowest BCUT2D eigenvalue weighted by Crippen LogP contribution is -2.37. The smallest absolute Gasteiger partial charge is 0.419 e. The normalized spacial score (nSPS) is 14.6. The number of para-hydroxylation sites is 1. The van der Waals surface area contributed by atoms with E-state index in [9.17, 15) is 30.9 Å². The first kappa shape index (κ1) is 30.8. The second-order valence-corrected chi connectivity index (χ2v) is 10.3. The number of unbranched alkanes of at least 4 members (excludes halogenated alkanes) is 1. The first-order valence-corrected chi connectivity index (χ1v) is 13.4. The number of benzene rings is 2. The largest absolute Gasteiger partial charge is 0.493 e. The minimum absolute atomic E-state index is 0.0820. The van der Waals surface area contributed by atoms with E-state index < -0.39 is 43.0 Å². The number of hydrogen-bond acceptors (Lipinski definition) is 8. The Labute approximate surface area is 223 Å². The van der Waals surface area contributed by atoms with Crippen LogP contribution in [0.2, 0.25) is 0 Å². The highest BCUT2D eigenvalue weighted by Crippen LogP contribution is 2.40. The Morgan fingerprint density at radius 2 is 1.51 bits per heavy atom. The lowest BCUT2D eigenvalue weighted by atomic mass is 10.1. The summed E-state index contributed by atoms with van der Waals surface area (Å²) in [5.74, 6) is -0.753. The van der Waals surface area contributed by atoms with Crippen molar-refractivity contribution in [2.45, 2.75) is 37.7 Å². The van der Waals surface area contributed by atoms with Gasteiger partial charge in [-0.05, 0) is 50.1 Å². The Hall–Kier alpha value is -2.71. The second kappa shape index (κ2) is 12.6. The van der Waals surface area contributed by atoms with Gasteiger partial charge < -0.3 is 24.6 Å². The number of nitrogens with zero attached hydrogens (tertiary/aromatic N) is 2. The molecule has 0 amide bonds. The Balaban J connectivity index is 1.62. The van der Waals surface area contributed by atoms with Gasteiger partial charge in [0, 0.05) is 5.56 Å². The molecule has 1 unspecified atom stereocenters. The molecule has 39 heavy (non-hydrogen) atoms. The molecule has 0 spiro atoms. The topological polar surface area (TPSA) is 117 Å². The van der Waals surface area contributed by atoms with Gasteiger partial charge in [0.15, 0.2) is 0 Å².